The summed E-state index contributed by atoms with van der Waals surface area (Å²) >= 11 is 10.2. The van der Waals surface area contributed by atoms with Gasteiger partial charge in [-0.3, -0.25) is 35.0 Å². The summed E-state index contributed by atoms with van der Waals surface area (Å²) in [5, 5.41) is 56.0. The molecule has 682 valence electrons. The average Bonchev–Trinajstić information content (AvgIpc) is 1.000. The van der Waals surface area contributed by atoms with E-state index in [1.54, 1.807) is 230 Å². The number of oxazole rings is 1. The highest BCUT2D eigenvalue weighted by Gasteiger charge is 1.99. The molecule has 0 aliphatic heterocycles. The highest BCUT2D eigenvalue weighted by molar-refractivity contribution is 7.25. The first-order valence-electron chi connectivity index (χ1n) is 39.7. The molecule has 24 aromatic heterocycles. The largest absolute Gasteiger partial charge is 0.473 e. The molecule has 0 amide bonds. The molecule has 0 saturated heterocycles. The molecule has 5 N–H and O–H groups in total. The van der Waals surface area contributed by atoms with Crippen LogP contribution in [0.15, 0.2) is 518 Å². The number of nitrogens with one attached hydrogen (secondary N) is 5. The first-order valence-corrected chi connectivity index (χ1v) is 45.1. The SMILES string of the molecule is c1c[nH]cn1.c1cc2nc3ccncc3cc2cn1.c1cc2sccc2s1.c1cc[nH]c1.c1ccc2[nH]ccc2c1.c1ccc2[nH]cnc2c1.c1ccc2sccc2c1.c1ccncc1.c1ccnnc1.c1ccoc1.c1ccsc1.c1cn[nH]c1.c1cnccn1.c1cncnc1.c1cnncn1.c1cnoc1.c1cnsc1.c1cocn1.c1cscn1.c1ncncn1.c1nncnn1. The molecular formula is C95H88N32O3S6. The van der Waals surface area contributed by atoms with Gasteiger partial charge in [-0.15, -0.1) is 70.8 Å². The lowest BCUT2D eigenvalue weighted by molar-refractivity contribution is 0.420. The fourth-order valence-corrected chi connectivity index (χ4v) is 12.3. The van der Waals surface area contributed by atoms with Crippen LogP contribution < -0.4 is 0 Å². The molecule has 0 unspecified atom stereocenters. The van der Waals surface area contributed by atoms with Crippen LogP contribution in [0.3, 0.4) is 0 Å². The quantitative estimate of drug-likeness (QED) is 0.0880. The second-order valence-electron chi connectivity index (χ2n) is 23.4. The number of hydrogen-bond donors (Lipinski definition) is 5. The van der Waals surface area contributed by atoms with Crippen molar-refractivity contribution in [2.24, 2.45) is 0 Å². The number of aromatic amines is 5. The first kappa shape index (κ1) is 105. The predicted octanol–water partition coefficient (Wildman–Crippen LogP) is 21.8. The van der Waals surface area contributed by atoms with Gasteiger partial charge in [-0.05, 0) is 189 Å². The molecule has 0 saturated carbocycles. The lowest BCUT2D eigenvalue weighted by Gasteiger charge is -1.99. The third-order valence-electron chi connectivity index (χ3n) is 14.1. The summed E-state index contributed by atoms with van der Waals surface area (Å²) in [6.45, 7) is 0. The van der Waals surface area contributed by atoms with Crippen LogP contribution in [0.1, 0.15) is 0 Å². The van der Waals surface area contributed by atoms with Gasteiger partial charge >= 0.3 is 0 Å². The monoisotopic (exact) mass is 1920 g/mol. The summed E-state index contributed by atoms with van der Waals surface area (Å²) < 4.78 is 21.3. The van der Waals surface area contributed by atoms with Gasteiger partial charge in [0.15, 0.2) is 19.0 Å². The maximum Gasteiger partial charge on any atom is 0.180 e. The van der Waals surface area contributed by atoms with Crippen LogP contribution in [-0.2, 0) is 0 Å². The number of fused-ring (bicyclic) bond motifs is 6. The Hall–Kier alpha value is -18.0. The van der Waals surface area contributed by atoms with Crippen molar-refractivity contribution in [1.82, 2.24) is 160 Å². The van der Waals surface area contributed by atoms with Crippen molar-refractivity contribution in [2.75, 3.05) is 0 Å². The number of furan rings is 1. The summed E-state index contributed by atoms with van der Waals surface area (Å²) in [5.74, 6) is 0. The summed E-state index contributed by atoms with van der Waals surface area (Å²) in [4.78, 5) is 72.3. The Balaban J connectivity index is 0.000000196. The van der Waals surface area contributed by atoms with Crippen LogP contribution in [-0.4, -0.2) is 160 Å². The number of thiazole rings is 1. The zero-order valence-corrected chi connectivity index (χ0v) is 77.1. The summed E-state index contributed by atoms with van der Waals surface area (Å²) in [6, 6.07) is 67.2. The Morgan fingerprint density at radius 1 is 0.272 bits per heavy atom. The molecule has 0 aliphatic rings. The number of pyridine rings is 4. The molecule has 41 heteroatoms. The smallest absolute Gasteiger partial charge is 0.180 e. The van der Waals surface area contributed by atoms with Gasteiger partial charge in [0.2, 0.25) is 0 Å². The van der Waals surface area contributed by atoms with Gasteiger partial charge in [-0.1, -0.05) is 71.9 Å². The van der Waals surface area contributed by atoms with Crippen molar-refractivity contribution in [1.29, 1.82) is 0 Å². The van der Waals surface area contributed by atoms with Crippen molar-refractivity contribution in [3.05, 3.63) is 505 Å². The third-order valence-corrected chi connectivity index (χ3v) is 18.6. The van der Waals surface area contributed by atoms with E-state index in [0.29, 0.717) is 0 Å². The minimum atomic E-state index is 0.971. The van der Waals surface area contributed by atoms with Gasteiger partial charge in [0.05, 0.1) is 71.3 Å². The zero-order valence-electron chi connectivity index (χ0n) is 72.2. The molecule has 27 rings (SSSR count). The van der Waals surface area contributed by atoms with Crippen LogP contribution in [0.25, 0.3) is 63.2 Å². The molecule has 0 aliphatic carbocycles. The second kappa shape index (κ2) is 78.0. The van der Waals surface area contributed by atoms with Crippen LogP contribution in [0.5, 0.6) is 0 Å². The Labute approximate surface area is 804 Å². The van der Waals surface area contributed by atoms with Gasteiger partial charge in [-0.2, -0.15) is 31.7 Å². The molecule has 27 aromatic rings. The number of nitrogens with zero attached hydrogens (tertiary/aromatic N) is 27. The molecule has 0 spiro atoms. The van der Waals surface area contributed by atoms with Crippen LogP contribution >= 0.6 is 68.2 Å². The predicted molar refractivity (Wildman–Crippen MR) is 537 cm³/mol. The van der Waals surface area contributed by atoms with Crippen molar-refractivity contribution in [3.63, 3.8) is 0 Å². The minimum Gasteiger partial charge on any atom is -0.473 e. The van der Waals surface area contributed by atoms with Gasteiger partial charge in [0.25, 0.3) is 0 Å². The highest BCUT2D eigenvalue weighted by Crippen LogP contribution is 2.25. The molecule has 0 radical (unpaired) electrons. The van der Waals surface area contributed by atoms with E-state index in [-0.39, 0.29) is 0 Å². The van der Waals surface area contributed by atoms with Crippen LogP contribution in [0, 0.1) is 0 Å². The normalized spacial score (nSPS) is 8.88. The fraction of sp³-hybridized carbons (Fsp3) is 0. The third kappa shape index (κ3) is 55.6. The topological polar surface area (TPSA) is 466 Å². The Bertz CT molecular complexity index is 5350. The number of H-pyrrole nitrogens is 5. The maximum absolute atomic E-state index is 4.58. The van der Waals surface area contributed by atoms with Crippen molar-refractivity contribution in [2.45, 2.75) is 0 Å². The minimum absolute atomic E-state index is 0.971. The second-order valence-corrected chi connectivity index (χ2v) is 28.5. The number of aromatic nitrogens is 32. The molecule has 35 nitrogen and oxygen atoms in total. The van der Waals surface area contributed by atoms with E-state index >= 15 is 0 Å². The van der Waals surface area contributed by atoms with Crippen LogP contribution in [0.4, 0.5) is 0 Å². The summed E-state index contributed by atoms with van der Waals surface area (Å²) in [7, 11) is 0. The molecule has 0 atom stereocenters. The van der Waals surface area contributed by atoms with E-state index in [0.717, 1.165) is 32.8 Å². The van der Waals surface area contributed by atoms with E-state index in [9.17, 15) is 0 Å². The average molecular weight is 1920 g/mol. The van der Waals surface area contributed by atoms with Gasteiger partial charge < -0.3 is 33.3 Å². The number of rotatable bonds is 0. The number of benzene rings is 3. The van der Waals surface area contributed by atoms with E-state index in [1.165, 1.54) is 111 Å². The Morgan fingerprint density at radius 3 is 1.26 bits per heavy atom. The summed E-state index contributed by atoms with van der Waals surface area (Å²) in [6.07, 6.45) is 67.0. The molecule has 0 bridgehead atoms. The van der Waals surface area contributed by atoms with Gasteiger partial charge in [0.1, 0.15) is 44.2 Å². The fourth-order valence-electron chi connectivity index (χ4n) is 8.51. The lowest BCUT2D eigenvalue weighted by atomic mass is 10.2. The zero-order chi connectivity index (χ0) is 94.6. The number of thiophene rings is 4. The van der Waals surface area contributed by atoms with E-state index < -0.39 is 0 Å². The lowest BCUT2D eigenvalue weighted by Crippen LogP contribution is -1.83. The standard InChI is InChI=1S/C11H7N3.C8H7N.C8H6S.C7H6N2.C6H4S2.C5H5N.3C4H4N2.C4H5N.C4H4O.C4H4S.2C3H3N3.2C3H4N2.2C3H3NO.2C3H3NS.C2H2N4/c1-3-12-6-8-5-9-7-13-4-2-11(9)14-10(1)8;2*1-2-4-8-7(3-1)5-6-9-8;1-2-4-7-6(3-1)8-5-9-7;1-3-7-6-2-4-8-5(1)6;1-2-4-6-5-3-1;1-2-6-4-3-5-1;1-2-5-4-6-3-1;1-2-4-6-5-3-1;3*1-2-4-5-3-1;1-4-2-6-3-5-1;1-2-5-6-3-4-1;1-2-5-3-4-1;1-2-4-5-3-1;1-2-5-3-4-1;1-2-4-5-3-1;1-2-5-3-4-1;1-2-4-5-3-1;1-3-5-2-6-4-1/h1-7H;1-6,9H;1-6H;1-5H,(H,8,9);1-4H;1-5H;3*1-4H;1-5H;2*1-4H;2*1-3H;2*1-3H,(H,4,5);4*1-3H;1-2H. The van der Waals surface area contributed by atoms with Crippen molar-refractivity contribution < 1.29 is 13.4 Å². The molecular weight excluding hydrogens is 1830 g/mol. The Morgan fingerprint density at radius 2 is 0.890 bits per heavy atom. The molecule has 3 aromatic carbocycles. The number of imidazole rings is 2. The summed E-state index contributed by atoms with van der Waals surface area (Å²) in [5.41, 5.74) is 7.06. The Kier molecular flexibility index (Phi) is 60.3. The van der Waals surface area contributed by atoms with Crippen molar-refractivity contribution in [3.8, 4) is 0 Å². The van der Waals surface area contributed by atoms with E-state index in [2.05, 4.69) is 256 Å². The van der Waals surface area contributed by atoms with Crippen LogP contribution in [0.2, 0.25) is 0 Å². The van der Waals surface area contributed by atoms with E-state index in [1.807, 2.05) is 180 Å². The highest BCUT2D eigenvalue weighted by atomic mass is 32.1. The first-order chi connectivity index (χ1) is 67.8. The van der Waals surface area contributed by atoms with Gasteiger partial charge in [-0.25, -0.2) is 54.2 Å². The number of hydrogen-bond acceptors (Lipinski definition) is 36. The maximum atomic E-state index is 4.58. The molecule has 136 heavy (non-hydrogen) atoms. The molecule has 24 heterocycles. The number of para-hydroxylation sites is 3. The van der Waals surface area contributed by atoms with Crippen molar-refractivity contribution >= 4 is 131 Å². The van der Waals surface area contributed by atoms with E-state index in [4.69, 9.17) is 0 Å². The van der Waals surface area contributed by atoms with Gasteiger partial charge in [0, 0.05) is 190 Å². The molecule has 0 fully saturated rings.